The number of aryl methyl sites for hydroxylation is 3. The highest BCUT2D eigenvalue weighted by atomic mass is 19.1. The van der Waals surface area contributed by atoms with Crippen LogP contribution in [0.5, 0.6) is 0 Å². The van der Waals surface area contributed by atoms with E-state index in [1.165, 1.54) is 0 Å². The minimum atomic E-state index is -0.173. The first-order valence-corrected chi connectivity index (χ1v) is 8.08. The van der Waals surface area contributed by atoms with E-state index in [2.05, 4.69) is 21.3 Å². The number of benzene rings is 1. The lowest BCUT2D eigenvalue weighted by atomic mass is 10.1. The van der Waals surface area contributed by atoms with E-state index in [0.29, 0.717) is 5.82 Å². The summed E-state index contributed by atoms with van der Waals surface area (Å²) >= 11 is 0. The number of pyridine rings is 1. The minimum absolute atomic E-state index is 0.173. The molecular weight excluding hydrogens is 291 g/mol. The molecule has 3 rings (SSSR count). The molecular formula is C18H23FN4. The molecule has 1 aliphatic rings. The highest BCUT2D eigenvalue weighted by molar-refractivity contribution is 5.49. The number of piperazine rings is 1. The van der Waals surface area contributed by atoms with Gasteiger partial charge in [0.05, 0.1) is 0 Å². The zero-order valence-corrected chi connectivity index (χ0v) is 13.5. The van der Waals surface area contributed by atoms with Crippen LogP contribution in [0.3, 0.4) is 0 Å². The van der Waals surface area contributed by atoms with Crippen LogP contribution in [0, 0.1) is 12.7 Å². The number of nitrogen functional groups attached to an aromatic ring is 1. The van der Waals surface area contributed by atoms with Gasteiger partial charge in [0.15, 0.2) is 0 Å². The summed E-state index contributed by atoms with van der Waals surface area (Å²) in [4.78, 5) is 6.58. The second-order valence-corrected chi connectivity index (χ2v) is 6.12. The van der Waals surface area contributed by atoms with Crippen molar-refractivity contribution in [3.63, 3.8) is 0 Å². The summed E-state index contributed by atoms with van der Waals surface area (Å²) in [5, 5.41) is 3.32. The number of anilines is 2. The number of hydrogen-bond donors (Lipinski definition) is 2. The lowest BCUT2D eigenvalue weighted by molar-refractivity contribution is 0.584. The summed E-state index contributed by atoms with van der Waals surface area (Å²) in [5.41, 5.74) is 9.82. The molecule has 1 aromatic carbocycles. The number of halogens is 1. The third kappa shape index (κ3) is 4.20. The third-order valence-corrected chi connectivity index (χ3v) is 4.14. The lowest BCUT2D eigenvalue weighted by Gasteiger charge is -2.29. The van der Waals surface area contributed by atoms with Crippen LogP contribution in [0.15, 0.2) is 30.3 Å². The number of rotatable bonds is 4. The van der Waals surface area contributed by atoms with Gasteiger partial charge in [0.25, 0.3) is 0 Å². The Balaban J connectivity index is 1.73. The topological polar surface area (TPSA) is 54.2 Å². The monoisotopic (exact) mass is 314 g/mol. The van der Waals surface area contributed by atoms with Crippen molar-refractivity contribution >= 4 is 11.5 Å². The van der Waals surface area contributed by atoms with Gasteiger partial charge >= 0.3 is 0 Å². The highest BCUT2D eigenvalue weighted by Crippen LogP contribution is 2.20. The Bertz CT molecular complexity index is 660. The van der Waals surface area contributed by atoms with Gasteiger partial charge in [0, 0.05) is 37.6 Å². The molecule has 0 bridgehead atoms. The molecule has 3 N–H and O–H groups in total. The first-order valence-electron chi connectivity index (χ1n) is 8.08. The smallest absolute Gasteiger partial charge is 0.125 e. The van der Waals surface area contributed by atoms with Crippen molar-refractivity contribution in [1.82, 2.24) is 10.3 Å². The molecule has 0 unspecified atom stereocenters. The van der Waals surface area contributed by atoms with Gasteiger partial charge in [-0.05, 0) is 61.2 Å². The zero-order chi connectivity index (χ0) is 16.2. The van der Waals surface area contributed by atoms with Gasteiger partial charge in [-0.2, -0.15) is 0 Å². The molecule has 5 heteroatoms. The third-order valence-electron chi connectivity index (χ3n) is 4.14. The molecule has 0 saturated carbocycles. The molecule has 1 fully saturated rings. The minimum Gasteiger partial charge on any atom is -0.384 e. The fourth-order valence-electron chi connectivity index (χ4n) is 3.05. The summed E-state index contributed by atoms with van der Waals surface area (Å²) in [6, 6.07) is 9.22. The highest BCUT2D eigenvalue weighted by Gasteiger charge is 2.12. The van der Waals surface area contributed by atoms with Crippen LogP contribution in [0.1, 0.15) is 16.8 Å². The van der Waals surface area contributed by atoms with E-state index in [1.807, 2.05) is 19.1 Å². The van der Waals surface area contributed by atoms with Crippen LogP contribution in [-0.4, -0.2) is 31.2 Å². The van der Waals surface area contributed by atoms with E-state index in [4.69, 9.17) is 5.73 Å². The van der Waals surface area contributed by atoms with Gasteiger partial charge in [-0.15, -0.1) is 0 Å². The summed E-state index contributed by atoms with van der Waals surface area (Å²) in [6.45, 7) is 5.72. The second kappa shape index (κ2) is 6.96. The van der Waals surface area contributed by atoms with Crippen molar-refractivity contribution in [2.45, 2.75) is 19.8 Å². The quantitative estimate of drug-likeness (QED) is 0.909. The maximum absolute atomic E-state index is 14.0. The lowest BCUT2D eigenvalue weighted by Crippen LogP contribution is -2.43. The molecule has 2 aromatic rings. The first-order chi connectivity index (χ1) is 11.1. The summed E-state index contributed by atoms with van der Waals surface area (Å²) in [7, 11) is 0. The average molecular weight is 314 g/mol. The molecule has 0 spiro atoms. The molecule has 23 heavy (non-hydrogen) atoms. The van der Waals surface area contributed by atoms with Crippen LogP contribution in [-0.2, 0) is 12.8 Å². The number of nitrogens with zero attached hydrogens (tertiary/aromatic N) is 2. The molecule has 0 aliphatic carbocycles. The maximum Gasteiger partial charge on any atom is 0.125 e. The summed E-state index contributed by atoms with van der Waals surface area (Å²) in [6.07, 6.45) is 1.52. The maximum atomic E-state index is 14.0. The van der Waals surface area contributed by atoms with Crippen molar-refractivity contribution in [2.24, 2.45) is 0 Å². The predicted octanol–water partition coefficient (Wildman–Crippen LogP) is 2.31. The zero-order valence-electron chi connectivity index (χ0n) is 13.5. The number of nitrogens with two attached hydrogens (primary N) is 1. The number of aromatic nitrogens is 1. The molecule has 1 aromatic heterocycles. The van der Waals surface area contributed by atoms with Crippen LogP contribution in [0.2, 0.25) is 0 Å². The summed E-state index contributed by atoms with van der Waals surface area (Å²) < 4.78 is 14.0. The van der Waals surface area contributed by atoms with Gasteiger partial charge in [-0.25, -0.2) is 9.37 Å². The molecule has 0 amide bonds. The SMILES string of the molecule is Cc1cc(N)nc(CCc2cc(F)cc(N3CCNCC3)c2)c1. The van der Waals surface area contributed by atoms with Crippen molar-refractivity contribution in [1.29, 1.82) is 0 Å². The largest absolute Gasteiger partial charge is 0.384 e. The van der Waals surface area contributed by atoms with Crippen molar-refractivity contribution in [3.8, 4) is 0 Å². The van der Waals surface area contributed by atoms with Crippen LogP contribution >= 0.6 is 0 Å². The molecule has 0 radical (unpaired) electrons. The standard InChI is InChI=1S/C18H23FN4/c1-13-8-16(22-18(20)9-13)3-2-14-10-15(19)12-17(11-14)23-6-4-21-5-7-23/h8-12,21H,2-7H2,1H3,(H2,20,22). The molecule has 2 heterocycles. The van der Waals surface area contributed by atoms with Crippen molar-refractivity contribution < 1.29 is 4.39 Å². The summed E-state index contributed by atoms with van der Waals surface area (Å²) in [5.74, 6) is 0.369. The Morgan fingerprint density at radius 2 is 1.91 bits per heavy atom. The normalized spacial score (nSPS) is 15.0. The van der Waals surface area contributed by atoms with Crippen LogP contribution < -0.4 is 16.0 Å². The molecule has 122 valence electrons. The molecule has 1 aliphatic heterocycles. The average Bonchev–Trinajstić information content (AvgIpc) is 2.52. The Morgan fingerprint density at radius 1 is 1.13 bits per heavy atom. The fraction of sp³-hybridized carbons (Fsp3) is 0.389. The van der Waals surface area contributed by atoms with Crippen molar-refractivity contribution in [3.05, 3.63) is 53.0 Å². The van der Waals surface area contributed by atoms with E-state index in [9.17, 15) is 4.39 Å². The first kappa shape index (κ1) is 15.7. The van der Waals surface area contributed by atoms with E-state index < -0.39 is 0 Å². The molecule has 4 nitrogen and oxygen atoms in total. The van der Waals surface area contributed by atoms with E-state index in [0.717, 1.165) is 61.5 Å². The Kier molecular flexibility index (Phi) is 4.76. The van der Waals surface area contributed by atoms with Crippen LogP contribution in [0.25, 0.3) is 0 Å². The van der Waals surface area contributed by atoms with Gasteiger partial charge in [-0.3, -0.25) is 0 Å². The van der Waals surface area contributed by atoms with Gasteiger partial charge in [0.2, 0.25) is 0 Å². The van der Waals surface area contributed by atoms with Gasteiger partial charge in [0.1, 0.15) is 11.6 Å². The Hall–Kier alpha value is -2.14. The second-order valence-electron chi connectivity index (χ2n) is 6.12. The Labute approximate surface area is 136 Å². The van der Waals surface area contributed by atoms with E-state index in [1.54, 1.807) is 12.1 Å². The van der Waals surface area contributed by atoms with Gasteiger partial charge < -0.3 is 16.0 Å². The number of nitrogens with one attached hydrogen (secondary N) is 1. The Morgan fingerprint density at radius 3 is 2.65 bits per heavy atom. The van der Waals surface area contributed by atoms with Crippen LogP contribution in [0.4, 0.5) is 15.9 Å². The fourth-order valence-corrected chi connectivity index (χ4v) is 3.05. The van der Waals surface area contributed by atoms with Crippen molar-refractivity contribution in [2.75, 3.05) is 36.8 Å². The van der Waals surface area contributed by atoms with E-state index in [-0.39, 0.29) is 5.82 Å². The molecule has 0 atom stereocenters. The molecule has 1 saturated heterocycles. The number of hydrogen-bond acceptors (Lipinski definition) is 4. The predicted molar refractivity (Wildman–Crippen MR) is 92.3 cm³/mol. The van der Waals surface area contributed by atoms with Gasteiger partial charge in [-0.1, -0.05) is 0 Å². The van der Waals surface area contributed by atoms with E-state index >= 15 is 0 Å².